The molecule has 2 aromatic heterocycles. The zero-order valence-corrected chi connectivity index (χ0v) is 18.2. The maximum atomic E-state index is 13.8. The second kappa shape index (κ2) is 7.23. The SMILES string of the molecule is CC(C)(C)c1ccc(-c2cc3nc(-c4ccc(Br)cc4)cc(C(F)(F)F)n3n2)cc1. The summed E-state index contributed by atoms with van der Waals surface area (Å²) in [7, 11) is 0. The van der Waals surface area contributed by atoms with E-state index in [9.17, 15) is 13.2 Å². The number of nitrogens with zero attached hydrogens (tertiary/aromatic N) is 3. The Kier molecular flexibility index (Phi) is 4.97. The number of halogens is 4. The van der Waals surface area contributed by atoms with E-state index in [0.717, 1.165) is 26.2 Å². The molecular formula is C23H19BrF3N3. The summed E-state index contributed by atoms with van der Waals surface area (Å²) >= 11 is 3.34. The van der Waals surface area contributed by atoms with E-state index in [0.29, 0.717) is 11.3 Å². The van der Waals surface area contributed by atoms with Crippen LogP contribution in [0.3, 0.4) is 0 Å². The molecule has 0 fully saturated rings. The third-order valence-electron chi connectivity index (χ3n) is 4.90. The van der Waals surface area contributed by atoms with Crippen LogP contribution in [0.5, 0.6) is 0 Å². The zero-order chi connectivity index (χ0) is 21.7. The lowest BCUT2D eigenvalue weighted by Gasteiger charge is -2.18. The average molecular weight is 474 g/mol. The van der Waals surface area contributed by atoms with Crippen molar-refractivity contribution in [3.8, 4) is 22.5 Å². The standard InChI is InChI=1S/C23H19BrF3N3/c1-22(2,3)16-8-4-15(5-9-16)19-13-21-28-18(14-6-10-17(24)11-7-14)12-20(23(25,26)27)30(21)29-19/h4-13H,1-3H3. The van der Waals surface area contributed by atoms with Crippen LogP contribution in [0.4, 0.5) is 13.2 Å². The van der Waals surface area contributed by atoms with Crippen molar-refractivity contribution in [2.75, 3.05) is 0 Å². The first kappa shape index (κ1) is 20.6. The fraction of sp³-hybridized carbons (Fsp3) is 0.217. The van der Waals surface area contributed by atoms with Gasteiger partial charge in [0.1, 0.15) is 0 Å². The molecule has 2 aromatic carbocycles. The lowest BCUT2D eigenvalue weighted by molar-refractivity contribution is -0.142. The van der Waals surface area contributed by atoms with Crippen LogP contribution in [-0.4, -0.2) is 14.6 Å². The first-order chi connectivity index (χ1) is 14.0. The van der Waals surface area contributed by atoms with Crippen LogP contribution in [0.1, 0.15) is 32.0 Å². The van der Waals surface area contributed by atoms with Crippen molar-refractivity contribution in [2.24, 2.45) is 0 Å². The monoisotopic (exact) mass is 473 g/mol. The van der Waals surface area contributed by atoms with E-state index in [1.807, 2.05) is 24.3 Å². The van der Waals surface area contributed by atoms with Crippen molar-refractivity contribution < 1.29 is 13.2 Å². The lowest BCUT2D eigenvalue weighted by Crippen LogP contribution is -2.13. The minimum Gasteiger partial charge on any atom is -0.228 e. The number of benzene rings is 2. The van der Waals surface area contributed by atoms with E-state index in [2.05, 4.69) is 46.8 Å². The van der Waals surface area contributed by atoms with E-state index in [-0.39, 0.29) is 16.8 Å². The van der Waals surface area contributed by atoms with Crippen LogP contribution in [0.2, 0.25) is 0 Å². The Bertz CT molecular complexity index is 1200. The second-order valence-electron chi connectivity index (χ2n) is 8.16. The molecule has 3 nitrogen and oxygen atoms in total. The number of hydrogen-bond donors (Lipinski definition) is 0. The molecule has 0 saturated carbocycles. The number of alkyl halides is 3. The predicted molar refractivity (Wildman–Crippen MR) is 115 cm³/mol. The van der Waals surface area contributed by atoms with E-state index in [1.165, 1.54) is 0 Å². The van der Waals surface area contributed by atoms with Gasteiger partial charge in [-0.2, -0.15) is 18.3 Å². The predicted octanol–water partition coefficient (Wildman–Crippen LogP) is 7.14. The molecule has 0 unspecified atom stereocenters. The summed E-state index contributed by atoms with van der Waals surface area (Å²) in [6, 6.07) is 17.3. The Morgan fingerprint density at radius 1 is 0.800 bits per heavy atom. The van der Waals surface area contributed by atoms with Crippen molar-refractivity contribution in [3.63, 3.8) is 0 Å². The van der Waals surface area contributed by atoms with E-state index >= 15 is 0 Å². The Morgan fingerprint density at radius 2 is 1.37 bits per heavy atom. The van der Waals surface area contributed by atoms with Crippen LogP contribution in [0, 0.1) is 0 Å². The molecule has 0 atom stereocenters. The first-order valence-electron chi connectivity index (χ1n) is 9.37. The summed E-state index contributed by atoms with van der Waals surface area (Å²) in [6.45, 7) is 6.32. The van der Waals surface area contributed by atoms with Gasteiger partial charge in [-0.1, -0.05) is 73.1 Å². The van der Waals surface area contributed by atoms with Gasteiger partial charge < -0.3 is 0 Å². The molecule has 0 spiro atoms. The van der Waals surface area contributed by atoms with Crippen LogP contribution in [-0.2, 0) is 11.6 Å². The molecule has 0 amide bonds. The lowest BCUT2D eigenvalue weighted by atomic mass is 9.86. The number of fused-ring (bicyclic) bond motifs is 1. The van der Waals surface area contributed by atoms with Crippen LogP contribution in [0.15, 0.2) is 65.1 Å². The Hall–Kier alpha value is -2.67. The number of aromatic nitrogens is 3. The van der Waals surface area contributed by atoms with E-state index in [1.54, 1.807) is 30.3 Å². The molecule has 7 heteroatoms. The van der Waals surface area contributed by atoms with Gasteiger partial charge in [0.2, 0.25) is 0 Å². The third kappa shape index (κ3) is 3.99. The summed E-state index contributed by atoms with van der Waals surface area (Å²) in [6.07, 6.45) is -4.56. The molecule has 30 heavy (non-hydrogen) atoms. The summed E-state index contributed by atoms with van der Waals surface area (Å²) in [4.78, 5) is 4.44. The Morgan fingerprint density at radius 3 is 1.93 bits per heavy atom. The van der Waals surface area contributed by atoms with Gasteiger partial charge in [0, 0.05) is 21.7 Å². The van der Waals surface area contributed by atoms with Gasteiger partial charge >= 0.3 is 6.18 Å². The summed E-state index contributed by atoms with van der Waals surface area (Å²) < 4.78 is 43.0. The summed E-state index contributed by atoms with van der Waals surface area (Å²) in [5.41, 5.74) is 2.46. The quantitative estimate of drug-likeness (QED) is 0.309. The van der Waals surface area contributed by atoms with Crippen LogP contribution < -0.4 is 0 Å². The third-order valence-corrected chi connectivity index (χ3v) is 5.43. The maximum Gasteiger partial charge on any atom is 0.433 e. The Balaban J connectivity index is 1.86. The molecule has 0 saturated heterocycles. The number of hydrogen-bond acceptors (Lipinski definition) is 2. The summed E-state index contributed by atoms with van der Waals surface area (Å²) in [5, 5.41) is 4.22. The molecule has 0 aliphatic heterocycles. The second-order valence-corrected chi connectivity index (χ2v) is 9.07. The first-order valence-corrected chi connectivity index (χ1v) is 10.2. The molecule has 4 rings (SSSR count). The van der Waals surface area contributed by atoms with Crippen LogP contribution in [0.25, 0.3) is 28.2 Å². The topological polar surface area (TPSA) is 30.2 Å². The molecule has 0 bridgehead atoms. The highest BCUT2D eigenvalue weighted by molar-refractivity contribution is 9.10. The van der Waals surface area contributed by atoms with Gasteiger partial charge in [0.15, 0.2) is 11.3 Å². The molecule has 4 aromatic rings. The van der Waals surface area contributed by atoms with Crippen molar-refractivity contribution in [1.82, 2.24) is 14.6 Å². The van der Waals surface area contributed by atoms with Crippen molar-refractivity contribution in [3.05, 3.63) is 76.4 Å². The van der Waals surface area contributed by atoms with Gasteiger partial charge in [0.25, 0.3) is 0 Å². The van der Waals surface area contributed by atoms with Crippen LogP contribution >= 0.6 is 15.9 Å². The minimum absolute atomic E-state index is 0.0119. The van der Waals surface area contributed by atoms with Gasteiger partial charge in [-0.25, -0.2) is 9.50 Å². The van der Waals surface area contributed by atoms with E-state index < -0.39 is 11.9 Å². The summed E-state index contributed by atoms with van der Waals surface area (Å²) in [5.74, 6) is 0. The normalized spacial score (nSPS) is 12.5. The fourth-order valence-corrected chi connectivity index (χ4v) is 3.49. The van der Waals surface area contributed by atoms with Gasteiger partial charge in [-0.3, -0.25) is 0 Å². The highest BCUT2D eigenvalue weighted by atomic mass is 79.9. The smallest absolute Gasteiger partial charge is 0.228 e. The molecule has 0 N–H and O–H groups in total. The highest BCUT2D eigenvalue weighted by Crippen LogP contribution is 2.34. The molecule has 0 aliphatic rings. The maximum absolute atomic E-state index is 13.8. The molecule has 2 heterocycles. The fourth-order valence-electron chi connectivity index (χ4n) is 3.23. The average Bonchev–Trinajstić information content (AvgIpc) is 3.10. The number of rotatable bonds is 2. The van der Waals surface area contributed by atoms with Gasteiger partial charge in [0.05, 0.1) is 11.4 Å². The zero-order valence-electron chi connectivity index (χ0n) is 16.6. The Labute approximate surface area is 180 Å². The minimum atomic E-state index is -4.56. The van der Waals surface area contributed by atoms with E-state index in [4.69, 9.17) is 0 Å². The van der Waals surface area contributed by atoms with Crippen molar-refractivity contribution in [1.29, 1.82) is 0 Å². The molecule has 0 aliphatic carbocycles. The molecule has 154 valence electrons. The molecule has 0 radical (unpaired) electrons. The molecular weight excluding hydrogens is 455 g/mol. The van der Waals surface area contributed by atoms with Gasteiger partial charge in [-0.05, 0) is 29.2 Å². The van der Waals surface area contributed by atoms with Gasteiger partial charge in [-0.15, -0.1) is 0 Å². The largest absolute Gasteiger partial charge is 0.433 e. The van der Waals surface area contributed by atoms with Crippen molar-refractivity contribution in [2.45, 2.75) is 32.4 Å². The highest BCUT2D eigenvalue weighted by Gasteiger charge is 2.35. The van der Waals surface area contributed by atoms with Crippen molar-refractivity contribution >= 4 is 21.6 Å².